The van der Waals surface area contributed by atoms with Crippen LogP contribution in [0.25, 0.3) is 0 Å². The summed E-state index contributed by atoms with van der Waals surface area (Å²) in [4.78, 5) is 10.5. The van der Waals surface area contributed by atoms with Crippen molar-refractivity contribution in [1.29, 1.82) is 0 Å². The Labute approximate surface area is 86.5 Å². The smallest absolute Gasteiger partial charge is 0.324 e. The highest BCUT2D eigenvalue weighted by Crippen LogP contribution is 2.14. The van der Waals surface area contributed by atoms with Crippen LogP contribution in [0.15, 0.2) is 24.3 Å². The number of nitrogens with one attached hydrogen (secondary N) is 1. The second kappa shape index (κ2) is 4.63. The molecule has 82 valence electrons. The number of benzene rings is 1. The molecule has 15 heavy (non-hydrogen) atoms. The number of phenols is 1. The Kier molecular flexibility index (Phi) is 3.48. The molecule has 2 atom stereocenters. The van der Waals surface area contributed by atoms with E-state index in [2.05, 4.69) is 5.32 Å². The number of aromatic hydroxyl groups is 1. The van der Waals surface area contributed by atoms with Gasteiger partial charge in [-0.05, 0) is 24.3 Å². The van der Waals surface area contributed by atoms with Gasteiger partial charge in [0.1, 0.15) is 18.0 Å². The van der Waals surface area contributed by atoms with E-state index < -0.39 is 18.2 Å². The van der Waals surface area contributed by atoms with Crippen molar-refractivity contribution < 1.29 is 15.0 Å². The summed E-state index contributed by atoms with van der Waals surface area (Å²) in [5, 5.41) is 20.3. The first-order chi connectivity index (χ1) is 7.00. The van der Waals surface area contributed by atoms with Gasteiger partial charge in [0.05, 0.1) is 0 Å². The van der Waals surface area contributed by atoms with Crippen molar-refractivity contribution in [3.63, 3.8) is 0 Å². The SMILES string of the molecule is NC(Nc1ccc(O)cc1)C(N)C(=O)O. The minimum Gasteiger partial charge on any atom is -0.508 e. The summed E-state index contributed by atoms with van der Waals surface area (Å²) < 4.78 is 0. The number of carboxylic acid groups (broad SMARTS) is 1. The molecular formula is C9H13N3O3. The molecule has 0 aliphatic heterocycles. The second-order valence-corrected chi connectivity index (χ2v) is 3.08. The minimum atomic E-state index is -1.18. The van der Waals surface area contributed by atoms with Gasteiger partial charge in [-0.15, -0.1) is 0 Å². The maximum Gasteiger partial charge on any atom is 0.324 e. The molecule has 0 fully saturated rings. The third-order valence-electron chi connectivity index (χ3n) is 1.87. The minimum absolute atomic E-state index is 0.122. The van der Waals surface area contributed by atoms with Crippen LogP contribution in [0.5, 0.6) is 5.75 Å². The van der Waals surface area contributed by atoms with Crippen LogP contribution in [-0.2, 0) is 4.79 Å². The Balaban J connectivity index is 2.62. The summed E-state index contributed by atoms with van der Waals surface area (Å²) in [6.07, 6.45) is -0.882. The summed E-state index contributed by atoms with van der Waals surface area (Å²) in [5.41, 5.74) is 11.4. The summed E-state index contributed by atoms with van der Waals surface area (Å²) in [5.74, 6) is -1.05. The largest absolute Gasteiger partial charge is 0.508 e. The van der Waals surface area contributed by atoms with E-state index in [1.165, 1.54) is 12.1 Å². The highest BCUT2D eigenvalue weighted by molar-refractivity contribution is 5.74. The van der Waals surface area contributed by atoms with Crippen LogP contribution in [-0.4, -0.2) is 28.4 Å². The number of hydrogen-bond acceptors (Lipinski definition) is 5. The Hall–Kier alpha value is -1.79. The Morgan fingerprint density at radius 3 is 2.27 bits per heavy atom. The van der Waals surface area contributed by atoms with E-state index in [9.17, 15) is 4.79 Å². The third-order valence-corrected chi connectivity index (χ3v) is 1.87. The lowest BCUT2D eigenvalue weighted by molar-refractivity contribution is -0.138. The van der Waals surface area contributed by atoms with Crippen molar-refractivity contribution in [1.82, 2.24) is 0 Å². The molecule has 6 heteroatoms. The monoisotopic (exact) mass is 211 g/mol. The van der Waals surface area contributed by atoms with Gasteiger partial charge < -0.3 is 27.0 Å². The normalized spacial score (nSPS) is 14.3. The van der Waals surface area contributed by atoms with E-state index >= 15 is 0 Å². The molecule has 0 spiro atoms. The molecule has 0 heterocycles. The lowest BCUT2D eigenvalue weighted by Gasteiger charge is -2.18. The summed E-state index contributed by atoms with van der Waals surface area (Å²) in [6.45, 7) is 0. The number of nitrogens with two attached hydrogens (primary N) is 2. The molecule has 1 rings (SSSR count). The molecule has 0 amide bonds. The van der Waals surface area contributed by atoms with Gasteiger partial charge in [-0.25, -0.2) is 0 Å². The molecule has 2 unspecified atom stereocenters. The molecule has 0 aliphatic carbocycles. The van der Waals surface area contributed by atoms with Gasteiger partial charge >= 0.3 is 5.97 Å². The number of rotatable bonds is 4. The van der Waals surface area contributed by atoms with Gasteiger partial charge in [0.2, 0.25) is 0 Å². The van der Waals surface area contributed by atoms with Crippen molar-refractivity contribution >= 4 is 11.7 Å². The average Bonchev–Trinajstić information content (AvgIpc) is 2.20. The fraction of sp³-hybridized carbons (Fsp3) is 0.222. The molecule has 0 bridgehead atoms. The standard InChI is InChI=1S/C9H13N3O3/c10-7(9(14)15)8(11)12-5-1-3-6(13)4-2-5/h1-4,7-8,12-13H,10-11H2,(H,14,15). The predicted molar refractivity (Wildman–Crippen MR) is 55.3 cm³/mol. The van der Waals surface area contributed by atoms with Gasteiger partial charge in [0.15, 0.2) is 0 Å². The number of carbonyl (C=O) groups is 1. The quantitative estimate of drug-likeness (QED) is 0.338. The number of anilines is 1. The molecule has 0 aliphatic rings. The Morgan fingerprint density at radius 1 is 1.27 bits per heavy atom. The van der Waals surface area contributed by atoms with Gasteiger partial charge in [-0.2, -0.15) is 0 Å². The van der Waals surface area contributed by atoms with Crippen LogP contribution in [0.1, 0.15) is 0 Å². The van der Waals surface area contributed by atoms with Crippen LogP contribution < -0.4 is 16.8 Å². The van der Waals surface area contributed by atoms with Crippen molar-refractivity contribution in [3.8, 4) is 5.75 Å². The van der Waals surface area contributed by atoms with E-state index in [1.807, 2.05) is 0 Å². The molecule has 0 saturated heterocycles. The third kappa shape index (κ3) is 3.12. The van der Waals surface area contributed by atoms with Crippen molar-refractivity contribution in [2.75, 3.05) is 5.32 Å². The van der Waals surface area contributed by atoms with Gasteiger partial charge in [0.25, 0.3) is 0 Å². The first-order valence-corrected chi connectivity index (χ1v) is 4.30. The summed E-state index contributed by atoms with van der Waals surface area (Å²) in [7, 11) is 0. The molecule has 0 saturated carbocycles. The first kappa shape index (κ1) is 11.3. The topological polar surface area (TPSA) is 122 Å². The van der Waals surface area contributed by atoms with Crippen LogP contribution in [0.3, 0.4) is 0 Å². The molecule has 6 nitrogen and oxygen atoms in total. The molecule has 0 radical (unpaired) electrons. The van der Waals surface area contributed by atoms with E-state index in [4.69, 9.17) is 21.7 Å². The lowest BCUT2D eigenvalue weighted by atomic mass is 10.2. The van der Waals surface area contributed by atoms with E-state index in [1.54, 1.807) is 12.1 Å². The fourth-order valence-corrected chi connectivity index (χ4v) is 0.993. The maximum absolute atomic E-state index is 10.5. The van der Waals surface area contributed by atoms with Crippen molar-refractivity contribution in [3.05, 3.63) is 24.3 Å². The van der Waals surface area contributed by atoms with Gasteiger partial charge in [0, 0.05) is 5.69 Å². The van der Waals surface area contributed by atoms with Crippen LogP contribution in [0.2, 0.25) is 0 Å². The summed E-state index contributed by atoms with van der Waals surface area (Å²) >= 11 is 0. The van der Waals surface area contributed by atoms with E-state index in [-0.39, 0.29) is 5.75 Å². The van der Waals surface area contributed by atoms with E-state index in [0.717, 1.165) is 0 Å². The first-order valence-electron chi connectivity index (χ1n) is 4.30. The molecule has 7 N–H and O–H groups in total. The van der Waals surface area contributed by atoms with Gasteiger partial charge in [-0.1, -0.05) is 0 Å². The highest BCUT2D eigenvalue weighted by atomic mass is 16.4. The van der Waals surface area contributed by atoms with Crippen LogP contribution in [0.4, 0.5) is 5.69 Å². The zero-order valence-corrected chi connectivity index (χ0v) is 7.92. The maximum atomic E-state index is 10.5. The number of aliphatic carboxylic acids is 1. The zero-order valence-electron chi connectivity index (χ0n) is 7.92. The molecular weight excluding hydrogens is 198 g/mol. The Bertz CT molecular complexity index is 339. The van der Waals surface area contributed by atoms with E-state index in [0.29, 0.717) is 5.69 Å². The molecule has 1 aromatic carbocycles. The number of phenolic OH excluding ortho intramolecular Hbond substituents is 1. The molecule has 0 aromatic heterocycles. The number of carboxylic acids is 1. The second-order valence-electron chi connectivity index (χ2n) is 3.08. The van der Waals surface area contributed by atoms with Crippen LogP contribution >= 0.6 is 0 Å². The predicted octanol–water partition coefficient (Wildman–Crippen LogP) is -0.499. The zero-order chi connectivity index (χ0) is 11.4. The molecule has 1 aromatic rings. The van der Waals surface area contributed by atoms with Crippen molar-refractivity contribution in [2.24, 2.45) is 11.5 Å². The highest BCUT2D eigenvalue weighted by Gasteiger charge is 2.19. The van der Waals surface area contributed by atoms with Gasteiger partial charge in [-0.3, -0.25) is 4.79 Å². The van der Waals surface area contributed by atoms with Crippen LogP contribution in [0, 0.1) is 0 Å². The van der Waals surface area contributed by atoms with Crippen molar-refractivity contribution in [2.45, 2.75) is 12.2 Å². The number of hydrogen-bond donors (Lipinski definition) is 5. The summed E-state index contributed by atoms with van der Waals surface area (Å²) in [6, 6.07) is 4.88. The lowest BCUT2D eigenvalue weighted by Crippen LogP contribution is -2.51. The average molecular weight is 211 g/mol. The Morgan fingerprint density at radius 2 is 1.80 bits per heavy atom. The fourth-order valence-electron chi connectivity index (χ4n) is 0.993.